The maximum Gasteiger partial charge on any atom is 0.573 e. The quantitative estimate of drug-likeness (QED) is 0.927. The fraction of sp³-hybridized carbons (Fsp3) is 0.571. The molecular weight excluding hydrogens is 271 g/mol. The Labute approximate surface area is 115 Å². The molecule has 1 aromatic carbocycles. The fourth-order valence-electron chi connectivity index (χ4n) is 2.79. The minimum absolute atomic E-state index is 0.284. The third-order valence-electron chi connectivity index (χ3n) is 3.95. The second-order valence-corrected chi connectivity index (χ2v) is 5.56. The topological polar surface area (TPSA) is 32.7 Å². The summed E-state index contributed by atoms with van der Waals surface area (Å²) in [5.74, 6) is -0.284. The number of aliphatic hydroxyl groups is 1. The summed E-state index contributed by atoms with van der Waals surface area (Å²) in [6, 6.07) is 6.20. The molecule has 3 rings (SSSR count). The van der Waals surface area contributed by atoms with Gasteiger partial charge in [0.15, 0.2) is 0 Å². The van der Waals surface area contributed by atoms with E-state index < -0.39 is 12.0 Å². The molecule has 1 aliphatic carbocycles. The number of benzene rings is 1. The van der Waals surface area contributed by atoms with E-state index in [0.29, 0.717) is 24.6 Å². The van der Waals surface area contributed by atoms with Crippen LogP contribution in [0.1, 0.15) is 24.8 Å². The number of hydrogen-bond donors (Lipinski definition) is 1. The van der Waals surface area contributed by atoms with Gasteiger partial charge in [-0.05, 0) is 37.0 Å². The highest BCUT2D eigenvalue weighted by Gasteiger charge is 2.43. The van der Waals surface area contributed by atoms with Gasteiger partial charge >= 0.3 is 6.36 Å². The summed E-state index contributed by atoms with van der Waals surface area (Å²) >= 11 is 0. The van der Waals surface area contributed by atoms with Gasteiger partial charge in [0.05, 0.1) is 0 Å². The third kappa shape index (κ3) is 2.91. The van der Waals surface area contributed by atoms with E-state index in [1.165, 1.54) is 18.2 Å². The lowest BCUT2D eigenvalue weighted by Gasteiger charge is -2.24. The second kappa shape index (κ2) is 4.63. The van der Waals surface area contributed by atoms with E-state index >= 15 is 0 Å². The van der Waals surface area contributed by atoms with Crippen molar-refractivity contribution in [3.05, 3.63) is 29.8 Å². The Bertz CT molecular complexity index is 501. The second-order valence-electron chi connectivity index (χ2n) is 5.56. The van der Waals surface area contributed by atoms with Gasteiger partial charge in [-0.2, -0.15) is 0 Å². The molecule has 1 aliphatic heterocycles. The molecule has 0 amide bonds. The zero-order valence-electron chi connectivity index (χ0n) is 10.9. The molecule has 1 heterocycles. The Morgan fingerprint density at radius 3 is 2.70 bits per heavy atom. The van der Waals surface area contributed by atoms with Gasteiger partial charge < -0.3 is 9.84 Å². The van der Waals surface area contributed by atoms with E-state index in [4.69, 9.17) is 0 Å². The maximum absolute atomic E-state index is 12.2. The van der Waals surface area contributed by atoms with E-state index in [1.807, 2.05) is 0 Å². The molecule has 1 N–H and O–H groups in total. The van der Waals surface area contributed by atoms with Crippen LogP contribution in [-0.2, 0) is 5.60 Å². The van der Waals surface area contributed by atoms with E-state index in [0.717, 1.165) is 19.4 Å². The van der Waals surface area contributed by atoms with Crippen molar-refractivity contribution in [2.75, 3.05) is 13.1 Å². The average molecular weight is 287 g/mol. The van der Waals surface area contributed by atoms with E-state index in [-0.39, 0.29) is 5.75 Å². The van der Waals surface area contributed by atoms with Gasteiger partial charge in [-0.1, -0.05) is 12.1 Å². The highest BCUT2D eigenvalue weighted by molar-refractivity contribution is 5.33. The van der Waals surface area contributed by atoms with Crippen LogP contribution in [0, 0.1) is 0 Å². The summed E-state index contributed by atoms with van der Waals surface area (Å²) in [7, 11) is 0. The molecule has 1 saturated heterocycles. The first-order chi connectivity index (χ1) is 9.36. The zero-order valence-corrected chi connectivity index (χ0v) is 10.9. The standard InChI is InChI=1S/C14H16F3NO2/c15-14(16,17)20-12-3-1-2-10(8-12)13(19)6-7-18(9-13)11-4-5-11/h1-3,8,11,19H,4-7,9H2. The van der Waals surface area contributed by atoms with Gasteiger partial charge in [0, 0.05) is 19.1 Å². The average Bonchev–Trinajstić information content (AvgIpc) is 3.12. The predicted octanol–water partition coefficient (Wildman–Crippen LogP) is 2.64. The number of nitrogens with zero attached hydrogens (tertiary/aromatic N) is 1. The predicted molar refractivity (Wildman–Crippen MR) is 66.2 cm³/mol. The van der Waals surface area contributed by atoms with Gasteiger partial charge in [-0.3, -0.25) is 4.90 Å². The van der Waals surface area contributed by atoms with Crippen molar-refractivity contribution in [2.45, 2.75) is 37.3 Å². The lowest BCUT2D eigenvalue weighted by Crippen LogP contribution is -2.32. The minimum Gasteiger partial charge on any atom is -0.406 e. The monoisotopic (exact) mass is 287 g/mol. The summed E-state index contributed by atoms with van der Waals surface area (Å²) in [6.45, 7) is 1.26. The first-order valence-corrected chi connectivity index (χ1v) is 6.68. The summed E-state index contributed by atoms with van der Waals surface area (Å²) in [6.07, 6.45) is -1.88. The van der Waals surface area contributed by atoms with Crippen molar-refractivity contribution in [1.29, 1.82) is 0 Å². The molecule has 1 unspecified atom stereocenters. The van der Waals surface area contributed by atoms with Crippen LogP contribution in [0.15, 0.2) is 24.3 Å². The van der Waals surface area contributed by atoms with Crippen LogP contribution in [0.4, 0.5) is 13.2 Å². The normalized spacial score (nSPS) is 27.8. The molecule has 1 aromatic rings. The molecule has 6 heteroatoms. The number of ether oxygens (including phenoxy) is 1. The molecule has 0 bridgehead atoms. The lowest BCUT2D eigenvalue weighted by molar-refractivity contribution is -0.274. The SMILES string of the molecule is OC1(c2cccc(OC(F)(F)F)c2)CCN(C2CC2)C1. The van der Waals surface area contributed by atoms with Crippen molar-refractivity contribution < 1.29 is 23.0 Å². The first kappa shape index (κ1) is 13.7. The van der Waals surface area contributed by atoms with Gasteiger partial charge in [-0.15, -0.1) is 13.2 Å². The number of β-amino-alcohol motifs (C(OH)–C–C–N with tert-alkyl or cyclic N) is 1. The Balaban J connectivity index is 1.77. The molecule has 0 radical (unpaired) electrons. The van der Waals surface area contributed by atoms with Crippen LogP contribution < -0.4 is 4.74 Å². The highest BCUT2D eigenvalue weighted by atomic mass is 19.4. The molecule has 0 aromatic heterocycles. The van der Waals surface area contributed by atoms with Crippen molar-refractivity contribution in [2.24, 2.45) is 0 Å². The van der Waals surface area contributed by atoms with Crippen LogP contribution in [0.5, 0.6) is 5.75 Å². The third-order valence-corrected chi connectivity index (χ3v) is 3.95. The largest absolute Gasteiger partial charge is 0.573 e. The molecule has 0 spiro atoms. The molecule has 110 valence electrons. The molecule has 20 heavy (non-hydrogen) atoms. The Hall–Kier alpha value is -1.27. The van der Waals surface area contributed by atoms with Crippen LogP contribution in [0.3, 0.4) is 0 Å². The van der Waals surface area contributed by atoms with Crippen LogP contribution >= 0.6 is 0 Å². The molecule has 2 fully saturated rings. The van der Waals surface area contributed by atoms with Crippen molar-refractivity contribution in [3.63, 3.8) is 0 Å². The number of alkyl halides is 3. The van der Waals surface area contributed by atoms with Gasteiger partial charge in [-0.25, -0.2) is 0 Å². The van der Waals surface area contributed by atoms with Gasteiger partial charge in [0.1, 0.15) is 11.4 Å². The van der Waals surface area contributed by atoms with Crippen LogP contribution in [0.2, 0.25) is 0 Å². The minimum atomic E-state index is -4.71. The fourth-order valence-corrected chi connectivity index (χ4v) is 2.79. The number of halogens is 3. The Kier molecular flexibility index (Phi) is 3.17. The maximum atomic E-state index is 12.2. The van der Waals surface area contributed by atoms with Crippen molar-refractivity contribution >= 4 is 0 Å². The lowest BCUT2D eigenvalue weighted by atomic mass is 9.93. The van der Waals surface area contributed by atoms with E-state index in [2.05, 4.69) is 9.64 Å². The molecule has 2 aliphatic rings. The van der Waals surface area contributed by atoms with Crippen molar-refractivity contribution in [3.8, 4) is 5.75 Å². The van der Waals surface area contributed by atoms with Gasteiger partial charge in [0.25, 0.3) is 0 Å². The van der Waals surface area contributed by atoms with Gasteiger partial charge in [0.2, 0.25) is 0 Å². The molecule has 1 atom stereocenters. The van der Waals surface area contributed by atoms with Crippen molar-refractivity contribution in [1.82, 2.24) is 4.90 Å². The molecular formula is C14H16F3NO2. The zero-order chi connectivity index (χ0) is 14.4. The Morgan fingerprint density at radius 2 is 2.05 bits per heavy atom. The van der Waals surface area contributed by atoms with E-state index in [1.54, 1.807) is 6.07 Å². The number of likely N-dealkylation sites (tertiary alicyclic amines) is 1. The molecule has 1 saturated carbocycles. The van der Waals surface area contributed by atoms with E-state index in [9.17, 15) is 18.3 Å². The smallest absolute Gasteiger partial charge is 0.406 e. The Morgan fingerprint density at radius 1 is 1.30 bits per heavy atom. The summed E-state index contributed by atoms with van der Waals surface area (Å²) in [4.78, 5) is 2.21. The summed E-state index contributed by atoms with van der Waals surface area (Å²) < 4.78 is 40.6. The summed E-state index contributed by atoms with van der Waals surface area (Å²) in [5, 5.41) is 10.7. The summed E-state index contributed by atoms with van der Waals surface area (Å²) in [5.41, 5.74) is -0.588. The first-order valence-electron chi connectivity index (χ1n) is 6.68. The number of rotatable bonds is 3. The number of hydrogen-bond acceptors (Lipinski definition) is 3. The van der Waals surface area contributed by atoms with Crippen LogP contribution in [-0.4, -0.2) is 35.5 Å². The van der Waals surface area contributed by atoms with Crippen LogP contribution in [0.25, 0.3) is 0 Å². The molecule has 3 nitrogen and oxygen atoms in total. The highest BCUT2D eigenvalue weighted by Crippen LogP contribution is 2.39.